The van der Waals surface area contributed by atoms with E-state index in [1.54, 1.807) is 0 Å². The quantitative estimate of drug-likeness (QED) is 0.100. The van der Waals surface area contributed by atoms with E-state index in [1.807, 2.05) is 32.6 Å². The molecule has 0 spiro atoms. The number of rotatable bonds is 10. The number of nitrogens with zero attached hydrogens (tertiary/aromatic N) is 1. The third-order valence-corrected chi connectivity index (χ3v) is 19.2. The van der Waals surface area contributed by atoms with Crippen molar-refractivity contribution in [1.82, 2.24) is 10.2 Å². The zero-order valence-corrected chi connectivity index (χ0v) is 38.5. The molecule has 0 aromatic rings. The van der Waals surface area contributed by atoms with Crippen LogP contribution >= 0.6 is 0 Å². The van der Waals surface area contributed by atoms with Gasteiger partial charge in [-0.3, -0.25) is 19.7 Å². The predicted octanol–water partition coefficient (Wildman–Crippen LogP) is 9.95. The molecule has 0 aromatic heterocycles. The number of morpholine rings is 1. The van der Waals surface area contributed by atoms with Crippen molar-refractivity contribution in [3.8, 4) is 0 Å². The number of amides is 1. The number of nitrogens with one attached hydrogen (secondary N) is 1. The Balaban J connectivity index is 0.00000321. The normalized spacial score (nSPS) is 44.1. The summed E-state index contributed by atoms with van der Waals surface area (Å²) in [6.45, 7) is 35.3. The molecule has 4 unspecified atom stereocenters. The number of allylic oxidation sites excluding steroid dienone is 1. The second-order valence-corrected chi connectivity index (χ2v) is 23.0. The number of esters is 2. The predicted molar refractivity (Wildman–Crippen MR) is 242 cm³/mol. The molecule has 7 aliphatic carbocycles. The van der Waals surface area contributed by atoms with E-state index in [1.165, 1.54) is 50.5 Å². The minimum atomic E-state index is -0.536. The number of carbonyl (C=O) groups excluding carboxylic acids is 3. The first-order chi connectivity index (χ1) is 28.2. The number of hydrogen-bond donors (Lipinski definition) is 1. The molecule has 1 N–H and O–H groups in total. The molecule has 0 radical (unpaired) electrons. The molecule has 1 heterocycles. The minimum Gasteiger partial charge on any atom is -0.460 e. The van der Waals surface area contributed by atoms with Crippen molar-refractivity contribution in [3.05, 3.63) is 36.5 Å². The molecule has 9 nitrogen and oxygen atoms in total. The molecule has 344 valence electrons. The Bertz CT molecular complexity index is 1750. The highest BCUT2D eigenvalue weighted by molar-refractivity contribution is 5.84. The molecule has 8 aliphatic rings. The smallest absolute Gasteiger partial charge is 0.309 e. The Kier molecular flexibility index (Phi) is 12.8. The van der Waals surface area contributed by atoms with Crippen LogP contribution < -0.4 is 5.32 Å². The number of ether oxygens (including phenoxy) is 4. The third kappa shape index (κ3) is 7.72. The molecule has 1 aliphatic heterocycles. The van der Waals surface area contributed by atoms with Crippen LogP contribution in [0.4, 0.5) is 0 Å². The Labute approximate surface area is 370 Å². The summed E-state index contributed by atoms with van der Waals surface area (Å²) in [5, 5.41) is 3.60. The van der Waals surface area contributed by atoms with E-state index in [0.717, 1.165) is 43.4 Å². The fourth-order valence-corrected chi connectivity index (χ4v) is 15.4. The van der Waals surface area contributed by atoms with Gasteiger partial charge in [-0.2, -0.15) is 0 Å². The van der Waals surface area contributed by atoms with Crippen LogP contribution in [-0.4, -0.2) is 80.1 Å². The van der Waals surface area contributed by atoms with Gasteiger partial charge in [0.25, 0.3) is 0 Å². The van der Waals surface area contributed by atoms with Gasteiger partial charge in [-0.05, 0) is 173 Å². The van der Waals surface area contributed by atoms with E-state index in [4.69, 9.17) is 25.5 Å². The summed E-state index contributed by atoms with van der Waals surface area (Å²) >= 11 is 0. The standard InChI is InChI=1S/C51H78N2O7.CH4.H2/c1-30(2)34-14-19-51(28-58-29-52-40-27-35(32(40)4)44(54)53-22-24-57-25-23-53)21-20-49(10)39(43(34)51)12-13-42-48(9)17-16-41(33(5)38(48)15-18-50(42,49)11)59-45(55)36-26-37(31(36)3)46(56)60-47(6,7)8;;/h31,34-43,52H,1,4-5,12-29H2,2-3,6-11H3;1H4;1H/t31-,34+,35-,36?,37?,38+,39-,40?,41?,42-,43-,48+,49-,50-,51-;;/m1../s1. The molecular formula is C52H84N2O7. The maximum atomic E-state index is 13.6. The van der Waals surface area contributed by atoms with Crippen molar-refractivity contribution in [2.24, 2.45) is 74.9 Å². The fraction of sp³-hybridized carbons (Fsp3) is 0.827. The Hall–Kier alpha value is -2.49. The zero-order chi connectivity index (χ0) is 43.2. The number of carbonyl (C=O) groups is 3. The van der Waals surface area contributed by atoms with Crippen molar-refractivity contribution < 1.29 is 34.8 Å². The lowest BCUT2D eigenvalue weighted by atomic mass is 9.33. The Morgan fingerprint density at radius 3 is 2.23 bits per heavy atom. The lowest BCUT2D eigenvalue weighted by Crippen LogP contribution is -2.65. The van der Waals surface area contributed by atoms with Crippen LogP contribution in [0.3, 0.4) is 0 Å². The van der Waals surface area contributed by atoms with Crippen LogP contribution in [0.2, 0.25) is 0 Å². The first kappa shape index (κ1) is 46.5. The van der Waals surface area contributed by atoms with Gasteiger partial charge in [-0.15, -0.1) is 0 Å². The molecule has 8 fully saturated rings. The fourth-order valence-electron chi connectivity index (χ4n) is 15.4. The second-order valence-electron chi connectivity index (χ2n) is 23.0. The first-order valence-electron chi connectivity index (χ1n) is 23.9. The Morgan fingerprint density at radius 2 is 1.57 bits per heavy atom. The van der Waals surface area contributed by atoms with Gasteiger partial charge in [-0.1, -0.05) is 60.4 Å². The van der Waals surface area contributed by atoms with Crippen LogP contribution in [-0.2, 0) is 33.3 Å². The maximum Gasteiger partial charge on any atom is 0.309 e. The lowest BCUT2D eigenvalue weighted by Gasteiger charge is -2.71. The largest absolute Gasteiger partial charge is 0.460 e. The first-order valence-corrected chi connectivity index (χ1v) is 23.9. The van der Waals surface area contributed by atoms with E-state index in [-0.39, 0.29) is 84.2 Å². The molecule has 1 amide bonds. The maximum absolute atomic E-state index is 13.6. The van der Waals surface area contributed by atoms with E-state index in [9.17, 15) is 14.4 Å². The van der Waals surface area contributed by atoms with Crippen LogP contribution in [0.5, 0.6) is 0 Å². The van der Waals surface area contributed by atoms with Crippen molar-refractivity contribution >= 4 is 17.8 Å². The highest BCUT2D eigenvalue weighted by Gasteiger charge is 2.70. The molecule has 7 saturated carbocycles. The molecule has 8 rings (SSSR count). The van der Waals surface area contributed by atoms with Gasteiger partial charge in [0.15, 0.2) is 0 Å². The molecule has 15 atom stereocenters. The van der Waals surface area contributed by atoms with Gasteiger partial charge in [0.05, 0.1) is 44.3 Å². The number of fused-ring (bicyclic) bond motifs is 7. The van der Waals surface area contributed by atoms with E-state index in [2.05, 4.69) is 46.2 Å². The van der Waals surface area contributed by atoms with Gasteiger partial charge in [0.1, 0.15) is 11.7 Å². The van der Waals surface area contributed by atoms with Crippen LogP contribution in [0.1, 0.15) is 141 Å². The molecular weight excluding hydrogens is 765 g/mol. The van der Waals surface area contributed by atoms with Gasteiger partial charge in [0, 0.05) is 20.6 Å². The summed E-state index contributed by atoms with van der Waals surface area (Å²) in [7, 11) is 0. The summed E-state index contributed by atoms with van der Waals surface area (Å²) in [4.78, 5) is 41.4. The van der Waals surface area contributed by atoms with Crippen LogP contribution in [0.15, 0.2) is 36.5 Å². The molecule has 0 aromatic carbocycles. The van der Waals surface area contributed by atoms with E-state index < -0.39 is 5.60 Å². The minimum absolute atomic E-state index is 0. The van der Waals surface area contributed by atoms with Gasteiger partial charge < -0.3 is 23.8 Å². The zero-order valence-electron chi connectivity index (χ0n) is 38.5. The summed E-state index contributed by atoms with van der Waals surface area (Å²) in [6, 6.07) is 0.129. The monoisotopic (exact) mass is 849 g/mol. The highest BCUT2D eigenvalue weighted by Crippen LogP contribution is 2.77. The van der Waals surface area contributed by atoms with E-state index >= 15 is 0 Å². The van der Waals surface area contributed by atoms with Crippen molar-refractivity contribution in [2.75, 3.05) is 39.6 Å². The summed E-state index contributed by atoms with van der Waals surface area (Å²) in [5.74, 6) is 1.80. The number of hydrogen-bond acceptors (Lipinski definition) is 8. The average Bonchev–Trinajstić information content (AvgIpc) is 3.57. The third-order valence-electron chi connectivity index (χ3n) is 19.2. The summed E-state index contributed by atoms with van der Waals surface area (Å²) < 4.78 is 24.1. The van der Waals surface area contributed by atoms with Crippen molar-refractivity contribution in [1.29, 1.82) is 0 Å². The van der Waals surface area contributed by atoms with Gasteiger partial charge in [-0.25, -0.2) is 0 Å². The van der Waals surface area contributed by atoms with Crippen LogP contribution in [0, 0.1) is 74.9 Å². The van der Waals surface area contributed by atoms with Crippen molar-refractivity contribution in [2.45, 2.75) is 158 Å². The molecule has 9 heteroatoms. The second kappa shape index (κ2) is 16.8. The van der Waals surface area contributed by atoms with E-state index in [0.29, 0.717) is 69.0 Å². The van der Waals surface area contributed by atoms with Crippen LogP contribution in [0.25, 0.3) is 0 Å². The van der Waals surface area contributed by atoms with Gasteiger partial charge in [0.2, 0.25) is 5.91 Å². The molecule has 61 heavy (non-hydrogen) atoms. The molecule has 1 saturated heterocycles. The lowest BCUT2D eigenvalue weighted by molar-refractivity contribution is -0.226. The summed E-state index contributed by atoms with van der Waals surface area (Å²) in [6.07, 6.45) is 12.5. The van der Waals surface area contributed by atoms with Gasteiger partial charge >= 0.3 is 11.9 Å². The topological polar surface area (TPSA) is 103 Å². The SMILES string of the molecule is C.C=C1C(NCOC[C@]23CC[C@@H](C(=C)C)[C@@H]2[C@H]2CC[C@@H]4[C@@]5(C)CCC(OC(=O)C6CC(C(=O)OC(C)(C)C)[C@@H]6C)C(=C)[C@@H]5CC[C@@]4(C)[C@]2(C)CC3)C[C@H]1C(=O)N1CCOCC1.[HH]. The highest BCUT2D eigenvalue weighted by atomic mass is 16.6. The van der Waals surface area contributed by atoms with Crippen molar-refractivity contribution in [3.63, 3.8) is 0 Å². The molecule has 0 bridgehead atoms. The summed E-state index contributed by atoms with van der Waals surface area (Å²) in [5.41, 5.74) is 3.63. The average molecular weight is 849 g/mol. The Morgan fingerprint density at radius 1 is 0.869 bits per heavy atom.